The highest BCUT2D eigenvalue weighted by Gasteiger charge is 2.30. The molecule has 2 aliphatic rings. The van der Waals surface area contributed by atoms with Gasteiger partial charge < -0.3 is 19.7 Å². The van der Waals surface area contributed by atoms with E-state index in [9.17, 15) is 0 Å². The lowest BCUT2D eigenvalue weighted by atomic mass is 10.2. The Morgan fingerprint density at radius 2 is 1.96 bits per heavy atom. The molecule has 3 rings (SSSR count). The lowest BCUT2D eigenvalue weighted by Gasteiger charge is -2.32. The van der Waals surface area contributed by atoms with Gasteiger partial charge in [-0.15, -0.1) is 24.0 Å². The third-order valence-corrected chi connectivity index (χ3v) is 5.21. The highest BCUT2D eigenvalue weighted by Crippen LogP contribution is 2.17. The van der Waals surface area contributed by atoms with Gasteiger partial charge in [-0.3, -0.25) is 9.89 Å². The van der Waals surface area contributed by atoms with Gasteiger partial charge in [-0.25, -0.2) is 0 Å². The Bertz CT molecular complexity index is 591. The van der Waals surface area contributed by atoms with Gasteiger partial charge >= 0.3 is 0 Å². The normalized spacial score (nSPS) is 20.7. The number of hydrogen-bond acceptors (Lipinski definition) is 4. The Labute approximate surface area is 186 Å². The first kappa shape index (κ1) is 23.2. The molecule has 0 amide bonds. The van der Waals surface area contributed by atoms with E-state index in [4.69, 9.17) is 14.5 Å². The third-order valence-electron chi connectivity index (χ3n) is 5.21. The number of nitrogens with zero attached hydrogens (tertiary/aromatic N) is 3. The van der Waals surface area contributed by atoms with E-state index in [1.807, 2.05) is 12.1 Å². The Balaban J connectivity index is 0.00000280. The number of ether oxygens (including phenoxy) is 2. The van der Waals surface area contributed by atoms with Crippen LogP contribution in [0.1, 0.15) is 25.3 Å². The number of morpholine rings is 1. The molecule has 2 aliphatic heterocycles. The second-order valence-corrected chi connectivity index (χ2v) is 7.29. The average molecular weight is 502 g/mol. The summed E-state index contributed by atoms with van der Waals surface area (Å²) in [7, 11) is 0. The molecule has 1 aromatic carbocycles. The van der Waals surface area contributed by atoms with E-state index in [0.717, 1.165) is 70.6 Å². The first-order chi connectivity index (χ1) is 13.3. The van der Waals surface area contributed by atoms with Crippen LogP contribution in [0.2, 0.25) is 0 Å². The Kier molecular flexibility index (Phi) is 10.4. The Hall–Kier alpha value is -1.06. The van der Waals surface area contributed by atoms with E-state index in [1.54, 1.807) is 0 Å². The number of hydrogen-bond donors (Lipinski definition) is 1. The lowest BCUT2D eigenvalue weighted by molar-refractivity contribution is 0.0195. The van der Waals surface area contributed by atoms with E-state index >= 15 is 0 Å². The van der Waals surface area contributed by atoms with E-state index in [2.05, 4.69) is 41.1 Å². The van der Waals surface area contributed by atoms with Crippen LogP contribution in [0.5, 0.6) is 5.75 Å². The third kappa shape index (κ3) is 7.08. The van der Waals surface area contributed by atoms with E-state index in [0.29, 0.717) is 12.6 Å². The number of halogens is 1. The summed E-state index contributed by atoms with van der Waals surface area (Å²) < 4.78 is 11.3. The van der Waals surface area contributed by atoms with Crippen molar-refractivity contribution in [1.29, 1.82) is 0 Å². The number of likely N-dealkylation sites (tertiary alicyclic amines) is 1. The second-order valence-electron chi connectivity index (χ2n) is 7.29. The summed E-state index contributed by atoms with van der Waals surface area (Å²) in [6.07, 6.45) is 2.13. The molecule has 1 unspecified atom stereocenters. The molecule has 0 saturated carbocycles. The molecule has 1 aromatic rings. The monoisotopic (exact) mass is 502 g/mol. The van der Waals surface area contributed by atoms with Crippen LogP contribution in [0.25, 0.3) is 0 Å². The van der Waals surface area contributed by atoms with Gasteiger partial charge in [0.15, 0.2) is 5.96 Å². The summed E-state index contributed by atoms with van der Waals surface area (Å²) >= 11 is 0. The number of benzene rings is 1. The van der Waals surface area contributed by atoms with Crippen molar-refractivity contribution in [3.05, 3.63) is 29.8 Å². The van der Waals surface area contributed by atoms with Crippen LogP contribution in [0.3, 0.4) is 0 Å². The van der Waals surface area contributed by atoms with Crippen LogP contribution in [-0.4, -0.2) is 80.9 Å². The fraction of sp³-hybridized carbons (Fsp3) is 0.667. The van der Waals surface area contributed by atoms with Crippen molar-refractivity contribution < 1.29 is 9.47 Å². The number of aryl methyl sites for hydroxylation is 1. The Morgan fingerprint density at radius 1 is 1.21 bits per heavy atom. The zero-order valence-corrected chi connectivity index (χ0v) is 19.6. The van der Waals surface area contributed by atoms with Crippen LogP contribution in [0, 0.1) is 6.92 Å². The van der Waals surface area contributed by atoms with Crippen molar-refractivity contribution in [2.75, 3.05) is 59.1 Å². The average Bonchev–Trinajstić information content (AvgIpc) is 3.19. The minimum absolute atomic E-state index is 0. The predicted molar refractivity (Wildman–Crippen MR) is 125 cm³/mol. The summed E-state index contributed by atoms with van der Waals surface area (Å²) in [5.74, 6) is 1.98. The topological polar surface area (TPSA) is 49.3 Å². The summed E-state index contributed by atoms with van der Waals surface area (Å²) in [6, 6.07) is 8.84. The van der Waals surface area contributed by atoms with Gasteiger partial charge in [-0.1, -0.05) is 17.7 Å². The van der Waals surface area contributed by atoms with E-state index in [1.165, 1.54) is 12.0 Å². The molecule has 7 heteroatoms. The van der Waals surface area contributed by atoms with Crippen LogP contribution in [0.15, 0.2) is 29.3 Å². The molecule has 0 bridgehead atoms. The molecule has 0 spiro atoms. The van der Waals surface area contributed by atoms with Crippen molar-refractivity contribution in [3.8, 4) is 5.75 Å². The molecule has 158 valence electrons. The van der Waals surface area contributed by atoms with Crippen LogP contribution < -0.4 is 10.1 Å². The molecule has 1 N–H and O–H groups in total. The van der Waals surface area contributed by atoms with Gasteiger partial charge in [0, 0.05) is 51.7 Å². The quantitative estimate of drug-likeness (QED) is 0.269. The SMILES string of the molecule is CCNC(=NCCCOc1ccc(C)cc1)N1CCC(N2CCOCC2)C1.I. The first-order valence-corrected chi connectivity index (χ1v) is 10.3. The molecule has 0 aliphatic carbocycles. The van der Waals surface area contributed by atoms with Crippen LogP contribution >= 0.6 is 24.0 Å². The van der Waals surface area contributed by atoms with Crippen molar-refractivity contribution >= 4 is 29.9 Å². The van der Waals surface area contributed by atoms with Gasteiger partial charge in [0.1, 0.15) is 5.75 Å². The predicted octanol–water partition coefficient (Wildman–Crippen LogP) is 2.75. The molecule has 2 heterocycles. The molecule has 0 radical (unpaired) electrons. The maximum atomic E-state index is 5.80. The van der Waals surface area contributed by atoms with E-state index < -0.39 is 0 Å². The van der Waals surface area contributed by atoms with Crippen molar-refractivity contribution in [2.24, 2.45) is 4.99 Å². The van der Waals surface area contributed by atoms with Gasteiger partial charge in [0.05, 0.1) is 19.8 Å². The molecule has 6 nitrogen and oxygen atoms in total. The maximum absolute atomic E-state index is 5.80. The van der Waals surface area contributed by atoms with E-state index in [-0.39, 0.29) is 24.0 Å². The van der Waals surface area contributed by atoms with Gasteiger partial charge in [0.2, 0.25) is 0 Å². The summed E-state index contributed by atoms with van der Waals surface area (Å²) in [5.41, 5.74) is 1.25. The fourth-order valence-electron chi connectivity index (χ4n) is 3.67. The fourth-order valence-corrected chi connectivity index (χ4v) is 3.67. The molecule has 2 saturated heterocycles. The maximum Gasteiger partial charge on any atom is 0.193 e. The molecule has 1 atom stereocenters. The molecule has 2 fully saturated rings. The van der Waals surface area contributed by atoms with Crippen molar-refractivity contribution in [3.63, 3.8) is 0 Å². The summed E-state index contributed by atoms with van der Waals surface area (Å²) in [6.45, 7) is 12.6. The molecule has 0 aromatic heterocycles. The molecular formula is C21H35IN4O2. The lowest BCUT2D eigenvalue weighted by Crippen LogP contribution is -2.46. The van der Waals surface area contributed by atoms with Crippen molar-refractivity contribution in [1.82, 2.24) is 15.1 Å². The molecule has 28 heavy (non-hydrogen) atoms. The number of guanidine groups is 1. The Morgan fingerprint density at radius 3 is 2.68 bits per heavy atom. The second kappa shape index (κ2) is 12.5. The standard InChI is InChI=1S/C21H34N4O2.HI/c1-3-22-21(23-10-4-14-27-20-7-5-18(2)6-8-20)25-11-9-19(17-25)24-12-15-26-16-13-24;/h5-8,19H,3-4,9-17H2,1-2H3,(H,22,23);1H. The first-order valence-electron chi connectivity index (χ1n) is 10.3. The van der Waals surface area contributed by atoms with Gasteiger partial charge in [-0.2, -0.15) is 0 Å². The highest BCUT2D eigenvalue weighted by molar-refractivity contribution is 14.0. The van der Waals surface area contributed by atoms with Gasteiger partial charge in [0.25, 0.3) is 0 Å². The summed E-state index contributed by atoms with van der Waals surface area (Å²) in [5, 5.41) is 3.45. The number of aliphatic imine (C=N–C) groups is 1. The zero-order valence-electron chi connectivity index (χ0n) is 17.2. The molecular weight excluding hydrogens is 467 g/mol. The zero-order chi connectivity index (χ0) is 18.9. The minimum Gasteiger partial charge on any atom is -0.494 e. The van der Waals surface area contributed by atoms with Crippen LogP contribution in [-0.2, 0) is 4.74 Å². The number of nitrogens with one attached hydrogen (secondary N) is 1. The van der Waals surface area contributed by atoms with Crippen molar-refractivity contribution in [2.45, 2.75) is 32.7 Å². The highest BCUT2D eigenvalue weighted by atomic mass is 127. The largest absolute Gasteiger partial charge is 0.494 e. The summed E-state index contributed by atoms with van der Waals surface area (Å²) in [4.78, 5) is 9.81. The van der Waals surface area contributed by atoms with Crippen LogP contribution in [0.4, 0.5) is 0 Å². The number of rotatable bonds is 7. The smallest absolute Gasteiger partial charge is 0.193 e. The van der Waals surface area contributed by atoms with Gasteiger partial charge in [-0.05, 0) is 32.4 Å². The minimum atomic E-state index is 0.